The van der Waals surface area contributed by atoms with Crippen molar-refractivity contribution < 1.29 is 38.1 Å². The third-order valence-electron chi connectivity index (χ3n) is 5.63. The average Bonchev–Trinajstić information content (AvgIpc) is 2.94. The van der Waals surface area contributed by atoms with Gasteiger partial charge in [-0.15, -0.1) is 0 Å². The van der Waals surface area contributed by atoms with Crippen molar-refractivity contribution in [3.63, 3.8) is 0 Å². The van der Waals surface area contributed by atoms with Gasteiger partial charge in [0.2, 0.25) is 0 Å². The minimum atomic E-state index is -1.08. The predicted molar refractivity (Wildman–Crippen MR) is 129 cm³/mol. The largest absolute Gasteiger partial charge is 0.466 e. The van der Waals surface area contributed by atoms with Crippen LogP contribution in [0.15, 0.2) is 71.2 Å². The van der Waals surface area contributed by atoms with Crippen LogP contribution < -0.4 is 10.6 Å². The van der Waals surface area contributed by atoms with E-state index in [1.807, 2.05) is 6.07 Å². The zero-order valence-corrected chi connectivity index (χ0v) is 20.4. The summed E-state index contributed by atoms with van der Waals surface area (Å²) in [5.74, 6) is -4.81. The Hall–Kier alpha value is -5.11. The first-order chi connectivity index (χ1) is 17.7. The van der Waals surface area contributed by atoms with Crippen LogP contribution in [0.1, 0.15) is 32.2 Å². The summed E-state index contributed by atoms with van der Waals surface area (Å²) < 4.78 is 19.5. The van der Waals surface area contributed by atoms with E-state index < -0.39 is 29.8 Å². The van der Waals surface area contributed by atoms with Crippen molar-refractivity contribution in [1.29, 1.82) is 5.26 Å². The number of rotatable bonds is 6. The summed E-state index contributed by atoms with van der Waals surface area (Å²) in [6.07, 6.45) is 0. The summed E-state index contributed by atoms with van der Waals surface area (Å²) in [4.78, 5) is 52.1. The lowest BCUT2D eigenvalue weighted by Gasteiger charge is -2.36. The number of nitrogens with zero attached hydrogens (tertiary/aromatic N) is 2. The molecule has 0 aliphatic carbocycles. The smallest absolute Gasteiger partial charge is 0.355 e. The van der Waals surface area contributed by atoms with Crippen molar-refractivity contribution in [2.45, 2.75) is 5.92 Å². The molecule has 0 bridgehead atoms. The molecule has 0 spiro atoms. The standard InChI is InChI=1S/C26H23N3O8/c1-34-23(30)15-10-16(24(31)35-2)12-17(11-15)29-21(26(33)37-4)20(25(32)36-3)19(18(13-27)22(29)28)14-8-6-5-7-9-14/h5-12,19H,28H2,1-4H3. The van der Waals surface area contributed by atoms with E-state index in [0.29, 0.717) is 5.56 Å². The monoisotopic (exact) mass is 505 g/mol. The van der Waals surface area contributed by atoms with Gasteiger partial charge in [0, 0.05) is 5.69 Å². The van der Waals surface area contributed by atoms with Gasteiger partial charge in [-0.1, -0.05) is 30.3 Å². The van der Waals surface area contributed by atoms with Crippen LogP contribution in [0, 0.1) is 11.3 Å². The van der Waals surface area contributed by atoms with Crippen LogP contribution in [-0.4, -0.2) is 52.3 Å². The van der Waals surface area contributed by atoms with Crippen molar-refractivity contribution in [3.8, 4) is 6.07 Å². The fourth-order valence-electron chi connectivity index (χ4n) is 3.99. The molecule has 0 amide bonds. The molecule has 2 N–H and O–H groups in total. The molecule has 1 atom stereocenters. The Morgan fingerprint density at radius 3 is 1.78 bits per heavy atom. The number of ether oxygens (including phenoxy) is 4. The quantitative estimate of drug-likeness (QED) is 0.453. The molecule has 0 radical (unpaired) electrons. The van der Waals surface area contributed by atoms with Crippen LogP contribution in [0.25, 0.3) is 0 Å². The summed E-state index contributed by atoms with van der Waals surface area (Å²) in [5, 5.41) is 10.1. The molecule has 1 aliphatic rings. The van der Waals surface area contributed by atoms with Gasteiger partial charge in [-0.2, -0.15) is 5.26 Å². The molecule has 2 aromatic carbocycles. The van der Waals surface area contributed by atoms with Crippen LogP contribution in [0.4, 0.5) is 5.69 Å². The van der Waals surface area contributed by atoms with Crippen LogP contribution in [0.3, 0.4) is 0 Å². The second-order valence-electron chi connectivity index (χ2n) is 7.59. The first-order valence-electron chi connectivity index (χ1n) is 10.7. The summed E-state index contributed by atoms with van der Waals surface area (Å²) in [6.45, 7) is 0. The van der Waals surface area contributed by atoms with Crippen molar-refractivity contribution >= 4 is 29.6 Å². The van der Waals surface area contributed by atoms with Crippen LogP contribution in [0.5, 0.6) is 0 Å². The number of anilines is 1. The second kappa shape index (κ2) is 11.1. The minimum absolute atomic E-state index is 0.0122. The number of nitriles is 1. The summed E-state index contributed by atoms with van der Waals surface area (Å²) >= 11 is 0. The highest BCUT2D eigenvalue weighted by molar-refractivity contribution is 6.07. The Labute approximate surface area is 212 Å². The number of benzene rings is 2. The fourth-order valence-corrected chi connectivity index (χ4v) is 3.99. The number of carbonyl (C=O) groups excluding carboxylic acids is 4. The van der Waals surface area contributed by atoms with Gasteiger partial charge in [-0.05, 0) is 23.8 Å². The minimum Gasteiger partial charge on any atom is -0.466 e. The maximum Gasteiger partial charge on any atom is 0.355 e. The highest BCUT2D eigenvalue weighted by atomic mass is 16.5. The van der Waals surface area contributed by atoms with Gasteiger partial charge in [-0.25, -0.2) is 19.2 Å². The van der Waals surface area contributed by atoms with Gasteiger partial charge in [0.15, 0.2) is 0 Å². The van der Waals surface area contributed by atoms with E-state index in [1.54, 1.807) is 30.3 Å². The first kappa shape index (κ1) is 26.5. The molecule has 190 valence electrons. The normalized spacial score (nSPS) is 15.0. The zero-order valence-electron chi connectivity index (χ0n) is 20.4. The van der Waals surface area contributed by atoms with E-state index >= 15 is 0 Å². The summed E-state index contributed by atoms with van der Waals surface area (Å²) in [6, 6.07) is 14.3. The highest BCUT2D eigenvalue weighted by Gasteiger charge is 2.43. The van der Waals surface area contributed by atoms with Crippen molar-refractivity contribution in [2.24, 2.45) is 5.73 Å². The van der Waals surface area contributed by atoms with Crippen molar-refractivity contribution in [3.05, 3.63) is 87.9 Å². The van der Waals surface area contributed by atoms with Crippen LogP contribution in [-0.2, 0) is 28.5 Å². The Bertz CT molecular complexity index is 1340. The molecule has 0 aromatic heterocycles. The van der Waals surface area contributed by atoms with Gasteiger partial charge in [0.05, 0.1) is 62.7 Å². The molecule has 2 aromatic rings. The predicted octanol–water partition coefficient (Wildman–Crippen LogP) is 2.16. The third kappa shape index (κ3) is 4.85. The van der Waals surface area contributed by atoms with E-state index in [9.17, 15) is 24.4 Å². The van der Waals surface area contributed by atoms with E-state index in [-0.39, 0.29) is 39.5 Å². The molecule has 1 unspecified atom stereocenters. The fraction of sp³-hybridized carbons (Fsp3) is 0.192. The Balaban J connectivity index is 2.46. The Morgan fingerprint density at radius 2 is 1.32 bits per heavy atom. The molecular formula is C26H23N3O8. The van der Waals surface area contributed by atoms with E-state index in [2.05, 4.69) is 0 Å². The van der Waals surface area contributed by atoms with Gasteiger partial charge < -0.3 is 24.7 Å². The van der Waals surface area contributed by atoms with E-state index in [0.717, 1.165) is 33.3 Å². The number of allylic oxidation sites excluding steroid dienone is 1. The Kier molecular flexibility index (Phi) is 7.94. The molecule has 3 rings (SSSR count). The number of hydrogen-bond acceptors (Lipinski definition) is 11. The van der Waals surface area contributed by atoms with Crippen molar-refractivity contribution in [1.82, 2.24) is 0 Å². The topological polar surface area (TPSA) is 158 Å². The van der Waals surface area contributed by atoms with Gasteiger partial charge in [0.25, 0.3) is 0 Å². The molecule has 11 nitrogen and oxygen atoms in total. The summed E-state index contributed by atoms with van der Waals surface area (Å²) in [5.41, 5.74) is 6.09. The number of methoxy groups -OCH3 is 4. The molecule has 37 heavy (non-hydrogen) atoms. The third-order valence-corrected chi connectivity index (χ3v) is 5.63. The van der Waals surface area contributed by atoms with Crippen molar-refractivity contribution in [2.75, 3.05) is 33.3 Å². The number of hydrogen-bond donors (Lipinski definition) is 1. The lowest BCUT2D eigenvalue weighted by atomic mass is 9.81. The lowest BCUT2D eigenvalue weighted by Crippen LogP contribution is -2.41. The molecule has 0 fully saturated rings. The Morgan fingerprint density at radius 1 is 0.811 bits per heavy atom. The zero-order chi connectivity index (χ0) is 27.3. The van der Waals surface area contributed by atoms with E-state index in [4.69, 9.17) is 24.7 Å². The molecular weight excluding hydrogens is 482 g/mol. The molecule has 1 heterocycles. The molecule has 11 heteroatoms. The first-order valence-corrected chi connectivity index (χ1v) is 10.7. The van der Waals surface area contributed by atoms with Gasteiger partial charge in [0.1, 0.15) is 11.5 Å². The molecule has 1 aliphatic heterocycles. The average molecular weight is 505 g/mol. The highest BCUT2D eigenvalue weighted by Crippen LogP contribution is 2.43. The van der Waals surface area contributed by atoms with Gasteiger partial charge >= 0.3 is 23.9 Å². The number of nitrogens with two attached hydrogens (primary N) is 1. The molecule has 0 saturated heterocycles. The SMILES string of the molecule is COC(=O)C1=C(C(=O)OC)N(c2cc(C(=O)OC)cc(C(=O)OC)c2)C(N)=C(C#N)C1c1ccccc1. The number of carbonyl (C=O) groups is 4. The second-order valence-corrected chi connectivity index (χ2v) is 7.59. The molecule has 0 saturated carbocycles. The van der Waals surface area contributed by atoms with Crippen LogP contribution in [0.2, 0.25) is 0 Å². The lowest BCUT2D eigenvalue weighted by molar-refractivity contribution is -0.139. The summed E-state index contributed by atoms with van der Waals surface area (Å²) in [7, 11) is 4.52. The maximum atomic E-state index is 13.2. The van der Waals surface area contributed by atoms with Crippen LogP contribution >= 0.6 is 0 Å². The van der Waals surface area contributed by atoms with E-state index in [1.165, 1.54) is 18.2 Å². The maximum absolute atomic E-state index is 13.2. The van der Waals surface area contributed by atoms with Gasteiger partial charge in [-0.3, -0.25) is 4.90 Å². The number of esters is 4.